The molecule has 0 aliphatic rings. The van der Waals surface area contributed by atoms with Crippen LogP contribution in [-0.4, -0.2) is 0 Å². The SMILES string of the molecule is C=C/C=C(N)\C(=C/C=C)SSC(=C/C=C)/C(N)=C\C=C. The van der Waals surface area contributed by atoms with Crippen molar-refractivity contribution >= 4 is 21.6 Å². The van der Waals surface area contributed by atoms with Gasteiger partial charge in [-0.3, -0.25) is 0 Å². The smallest absolute Gasteiger partial charge is 0.0460 e. The third-order valence-corrected chi connectivity index (χ3v) is 4.44. The molecule has 0 spiro atoms. The van der Waals surface area contributed by atoms with E-state index in [1.165, 1.54) is 21.6 Å². The molecule has 0 aliphatic carbocycles. The molecule has 0 saturated heterocycles. The van der Waals surface area contributed by atoms with E-state index >= 15 is 0 Å². The molecule has 4 heteroatoms. The molecule has 0 rings (SSSR count). The number of hydrogen-bond acceptors (Lipinski definition) is 4. The van der Waals surface area contributed by atoms with E-state index in [0.29, 0.717) is 11.4 Å². The van der Waals surface area contributed by atoms with Crippen LogP contribution in [0, 0.1) is 0 Å². The van der Waals surface area contributed by atoms with Crippen LogP contribution in [0.1, 0.15) is 0 Å². The summed E-state index contributed by atoms with van der Waals surface area (Å²) < 4.78 is 0. The van der Waals surface area contributed by atoms with Crippen molar-refractivity contribution in [3.8, 4) is 0 Å². The monoisotopic (exact) mass is 304 g/mol. The summed E-state index contributed by atoms with van der Waals surface area (Å²) >= 11 is 0. The van der Waals surface area contributed by atoms with E-state index in [0.717, 1.165) is 9.81 Å². The topological polar surface area (TPSA) is 52.0 Å². The second-order valence-corrected chi connectivity index (χ2v) is 5.63. The second kappa shape index (κ2) is 11.1. The Morgan fingerprint density at radius 1 is 0.600 bits per heavy atom. The van der Waals surface area contributed by atoms with Crippen LogP contribution in [0.2, 0.25) is 0 Å². The summed E-state index contributed by atoms with van der Waals surface area (Å²) in [6.07, 6.45) is 13.8. The zero-order valence-corrected chi connectivity index (χ0v) is 13.1. The van der Waals surface area contributed by atoms with Crippen LogP contribution in [0.4, 0.5) is 0 Å². The molecular formula is C16H20N2S2. The highest BCUT2D eigenvalue weighted by atomic mass is 33.1. The van der Waals surface area contributed by atoms with Crippen molar-refractivity contribution in [2.75, 3.05) is 0 Å². The Labute approximate surface area is 129 Å². The molecule has 0 aromatic carbocycles. The third-order valence-electron chi connectivity index (χ3n) is 1.92. The Morgan fingerprint density at radius 2 is 0.900 bits per heavy atom. The number of nitrogens with two attached hydrogens (primary N) is 2. The van der Waals surface area contributed by atoms with E-state index in [4.69, 9.17) is 11.5 Å². The first kappa shape index (κ1) is 18.2. The van der Waals surface area contributed by atoms with Gasteiger partial charge in [0.1, 0.15) is 0 Å². The maximum Gasteiger partial charge on any atom is 0.0460 e. The van der Waals surface area contributed by atoms with Gasteiger partial charge in [-0.05, 0) is 24.3 Å². The number of hydrogen-bond donors (Lipinski definition) is 2. The van der Waals surface area contributed by atoms with Crippen LogP contribution >= 0.6 is 21.6 Å². The van der Waals surface area contributed by atoms with E-state index in [9.17, 15) is 0 Å². The highest BCUT2D eigenvalue weighted by Crippen LogP contribution is 2.40. The molecule has 0 unspecified atom stereocenters. The molecule has 0 atom stereocenters. The van der Waals surface area contributed by atoms with Crippen LogP contribution in [0.15, 0.2) is 96.1 Å². The number of rotatable bonds is 9. The predicted octanol–water partition coefficient (Wildman–Crippen LogP) is 4.56. The van der Waals surface area contributed by atoms with Gasteiger partial charge >= 0.3 is 0 Å². The molecule has 106 valence electrons. The first-order valence-corrected chi connectivity index (χ1v) is 7.92. The zero-order chi connectivity index (χ0) is 15.4. The maximum absolute atomic E-state index is 5.95. The summed E-state index contributed by atoms with van der Waals surface area (Å²) in [5.41, 5.74) is 13.1. The van der Waals surface area contributed by atoms with Gasteiger partial charge in [0.2, 0.25) is 0 Å². The van der Waals surface area contributed by atoms with Crippen molar-refractivity contribution in [2.24, 2.45) is 11.5 Å². The molecule has 0 saturated carbocycles. The Hall–Kier alpha value is -1.78. The molecule has 20 heavy (non-hydrogen) atoms. The Morgan fingerprint density at radius 3 is 1.15 bits per heavy atom. The molecular weight excluding hydrogens is 284 g/mol. The predicted molar refractivity (Wildman–Crippen MR) is 96.7 cm³/mol. The van der Waals surface area contributed by atoms with Gasteiger partial charge in [0, 0.05) is 21.2 Å². The van der Waals surface area contributed by atoms with Crippen molar-refractivity contribution in [2.45, 2.75) is 0 Å². The van der Waals surface area contributed by atoms with Crippen LogP contribution in [0.3, 0.4) is 0 Å². The molecule has 2 nitrogen and oxygen atoms in total. The first-order valence-electron chi connectivity index (χ1n) is 5.77. The van der Waals surface area contributed by atoms with Gasteiger partial charge in [0.15, 0.2) is 0 Å². The van der Waals surface area contributed by atoms with E-state index in [-0.39, 0.29) is 0 Å². The average molecular weight is 304 g/mol. The van der Waals surface area contributed by atoms with Crippen LogP contribution in [0.25, 0.3) is 0 Å². The summed E-state index contributed by atoms with van der Waals surface area (Å²) in [6.45, 7) is 14.6. The largest absolute Gasteiger partial charge is 0.398 e. The molecule has 0 radical (unpaired) electrons. The summed E-state index contributed by atoms with van der Waals surface area (Å²) in [5, 5.41) is 0. The molecule has 0 heterocycles. The van der Waals surface area contributed by atoms with Crippen LogP contribution < -0.4 is 11.5 Å². The lowest BCUT2D eigenvalue weighted by atomic mass is 10.3. The quantitative estimate of drug-likeness (QED) is 0.484. The fourth-order valence-corrected chi connectivity index (χ4v) is 3.33. The van der Waals surface area contributed by atoms with Gasteiger partial charge in [0.25, 0.3) is 0 Å². The highest BCUT2D eigenvalue weighted by molar-refractivity contribution is 8.79. The standard InChI is InChI=1S/C16H20N2S2/c1-5-9-13(17)15(11-7-3)19-20-16(12-8-4)14(18)10-6-2/h5-12H,1-4,17-18H2/b13-9+,14-10+,15-11+,16-12+. The third kappa shape index (κ3) is 6.97. The minimum Gasteiger partial charge on any atom is -0.398 e. The Balaban J connectivity index is 5.09. The lowest BCUT2D eigenvalue weighted by Gasteiger charge is -2.09. The summed E-state index contributed by atoms with van der Waals surface area (Å²) in [4.78, 5) is 1.76. The van der Waals surface area contributed by atoms with Gasteiger partial charge in [0.05, 0.1) is 0 Å². The van der Waals surface area contributed by atoms with Gasteiger partial charge in [-0.15, -0.1) is 0 Å². The average Bonchev–Trinajstić information content (AvgIpc) is 2.42. The zero-order valence-electron chi connectivity index (χ0n) is 11.4. The molecule has 0 aromatic rings. The normalized spacial score (nSPS) is 13.8. The minimum atomic E-state index is 0.627. The van der Waals surface area contributed by atoms with Gasteiger partial charge in [-0.2, -0.15) is 0 Å². The summed E-state index contributed by atoms with van der Waals surface area (Å²) in [7, 11) is 2.98. The van der Waals surface area contributed by atoms with E-state index in [1.807, 2.05) is 12.2 Å². The van der Waals surface area contributed by atoms with Crippen molar-refractivity contribution < 1.29 is 0 Å². The lowest BCUT2D eigenvalue weighted by Crippen LogP contribution is -1.99. The molecule has 0 aromatic heterocycles. The molecule has 4 N–H and O–H groups in total. The highest BCUT2D eigenvalue weighted by Gasteiger charge is 2.06. The number of allylic oxidation sites excluding steroid dienone is 8. The molecule has 0 bridgehead atoms. The molecule has 0 amide bonds. The summed E-state index contributed by atoms with van der Waals surface area (Å²) in [5.74, 6) is 0. The van der Waals surface area contributed by atoms with Crippen LogP contribution in [-0.2, 0) is 0 Å². The summed E-state index contributed by atoms with van der Waals surface area (Å²) in [6, 6.07) is 0. The Bertz CT molecular complexity index is 449. The van der Waals surface area contributed by atoms with E-state index in [1.54, 1.807) is 36.5 Å². The minimum absolute atomic E-state index is 0.627. The van der Waals surface area contributed by atoms with Gasteiger partial charge in [-0.25, -0.2) is 0 Å². The van der Waals surface area contributed by atoms with Gasteiger partial charge < -0.3 is 11.5 Å². The molecule has 0 fully saturated rings. The lowest BCUT2D eigenvalue weighted by molar-refractivity contribution is 1.40. The van der Waals surface area contributed by atoms with Gasteiger partial charge in [-0.1, -0.05) is 72.2 Å². The van der Waals surface area contributed by atoms with Crippen molar-refractivity contribution in [1.82, 2.24) is 0 Å². The van der Waals surface area contributed by atoms with Crippen LogP contribution in [0.5, 0.6) is 0 Å². The Kier molecular flexibility index (Phi) is 10.1. The van der Waals surface area contributed by atoms with Crippen molar-refractivity contribution in [3.63, 3.8) is 0 Å². The fraction of sp³-hybridized carbons (Fsp3) is 0. The molecule has 0 aliphatic heterocycles. The second-order valence-electron chi connectivity index (χ2n) is 3.42. The first-order chi connectivity index (χ1) is 9.60. The fourth-order valence-electron chi connectivity index (χ4n) is 1.07. The van der Waals surface area contributed by atoms with Crippen molar-refractivity contribution in [1.29, 1.82) is 0 Å². The van der Waals surface area contributed by atoms with Crippen molar-refractivity contribution in [3.05, 3.63) is 96.1 Å². The van der Waals surface area contributed by atoms with E-state index < -0.39 is 0 Å². The van der Waals surface area contributed by atoms with E-state index in [2.05, 4.69) is 26.3 Å². The maximum atomic E-state index is 5.95.